The lowest BCUT2D eigenvalue weighted by Gasteiger charge is -2.31. The van der Waals surface area contributed by atoms with Gasteiger partial charge in [-0.3, -0.25) is 39.0 Å². The van der Waals surface area contributed by atoms with E-state index in [2.05, 4.69) is 10.6 Å². The Hall–Kier alpha value is -3.76. The number of amides is 5. The third kappa shape index (κ3) is 4.43. The molecule has 0 aromatic heterocycles. The van der Waals surface area contributed by atoms with Gasteiger partial charge >= 0.3 is 5.97 Å². The largest absolute Gasteiger partial charge is 0.481 e. The molecule has 0 radical (unpaired) electrons. The Morgan fingerprint density at radius 2 is 1.79 bits per heavy atom. The highest BCUT2D eigenvalue weighted by atomic mass is 16.4. The molecule has 1 aromatic carbocycles. The van der Waals surface area contributed by atoms with Crippen LogP contribution in [0.2, 0.25) is 0 Å². The Morgan fingerprint density at radius 1 is 1.06 bits per heavy atom. The molecule has 3 N–H and O–H groups in total. The smallest absolute Gasteiger partial charge is 0.303 e. The molecule has 174 valence electrons. The van der Waals surface area contributed by atoms with Crippen LogP contribution in [0.1, 0.15) is 52.8 Å². The molecule has 33 heavy (non-hydrogen) atoms. The molecule has 1 unspecified atom stereocenters. The van der Waals surface area contributed by atoms with E-state index in [1.807, 2.05) is 0 Å². The van der Waals surface area contributed by atoms with Gasteiger partial charge in [-0.05, 0) is 37.3 Å². The van der Waals surface area contributed by atoms with Gasteiger partial charge in [0.2, 0.25) is 17.7 Å². The van der Waals surface area contributed by atoms with Gasteiger partial charge in [0, 0.05) is 31.6 Å². The average molecular weight is 456 g/mol. The van der Waals surface area contributed by atoms with Crippen LogP contribution in [-0.2, 0) is 19.2 Å². The summed E-state index contributed by atoms with van der Waals surface area (Å²) in [7, 11) is 0. The summed E-state index contributed by atoms with van der Waals surface area (Å²) in [5.74, 6) is -3.36. The fourth-order valence-electron chi connectivity index (χ4n) is 4.58. The van der Waals surface area contributed by atoms with Gasteiger partial charge in [0.05, 0.1) is 17.7 Å². The number of hydrogen-bond acceptors (Lipinski definition) is 7. The van der Waals surface area contributed by atoms with Crippen LogP contribution in [0, 0.1) is 5.92 Å². The molecular formula is C22H24N4O7. The molecule has 0 bridgehead atoms. The zero-order chi connectivity index (χ0) is 23.7. The molecule has 1 aromatic rings. The number of imide groups is 2. The quantitative estimate of drug-likeness (QED) is 0.514. The molecule has 5 amide bonds. The van der Waals surface area contributed by atoms with E-state index in [0.717, 1.165) is 4.90 Å². The first-order valence-electron chi connectivity index (χ1n) is 10.8. The maximum Gasteiger partial charge on any atom is 0.303 e. The summed E-state index contributed by atoms with van der Waals surface area (Å²) < 4.78 is 0. The van der Waals surface area contributed by atoms with Crippen molar-refractivity contribution in [2.75, 3.05) is 25.0 Å². The number of hydrogen-bond donors (Lipinski definition) is 3. The van der Waals surface area contributed by atoms with E-state index in [1.54, 1.807) is 17.0 Å². The third-order valence-electron chi connectivity index (χ3n) is 6.33. The average Bonchev–Trinajstić information content (AvgIpc) is 3.03. The summed E-state index contributed by atoms with van der Waals surface area (Å²) in [5.41, 5.74) is 0.548. The molecule has 2 fully saturated rings. The normalized spacial score (nSPS) is 21.2. The van der Waals surface area contributed by atoms with Crippen molar-refractivity contribution in [1.82, 2.24) is 15.1 Å². The SMILES string of the molecule is O=C(O)CC1CCN(C(=O)CNc2cccc3c2C(=O)N(C2CCC(=O)NC2=O)C3=O)CC1. The van der Waals surface area contributed by atoms with E-state index >= 15 is 0 Å². The molecule has 3 heterocycles. The molecule has 3 aliphatic rings. The van der Waals surface area contributed by atoms with Gasteiger partial charge < -0.3 is 15.3 Å². The zero-order valence-electron chi connectivity index (χ0n) is 17.8. The molecular weight excluding hydrogens is 432 g/mol. The molecule has 0 spiro atoms. The van der Waals surface area contributed by atoms with Crippen LogP contribution < -0.4 is 10.6 Å². The fraction of sp³-hybridized carbons (Fsp3) is 0.455. The second kappa shape index (κ2) is 9.00. The zero-order valence-corrected chi connectivity index (χ0v) is 17.8. The molecule has 0 saturated carbocycles. The Bertz CT molecular complexity index is 1050. The Labute approximate surface area is 189 Å². The van der Waals surface area contributed by atoms with Gasteiger partial charge in [-0.1, -0.05) is 6.07 Å². The van der Waals surface area contributed by atoms with Crippen molar-refractivity contribution in [2.45, 2.75) is 38.1 Å². The lowest BCUT2D eigenvalue weighted by atomic mass is 9.93. The van der Waals surface area contributed by atoms with Gasteiger partial charge in [-0.15, -0.1) is 0 Å². The minimum atomic E-state index is -1.06. The van der Waals surface area contributed by atoms with Crippen LogP contribution in [0.5, 0.6) is 0 Å². The number of anilines is 1. The van der Waals surface area contributed by atoms with Crippen molar-refractivity contribution in [2.24, 2.45) is 5.92 Å². The summed E-state index contributed by atoms with van der Waals surface area (Å²) in [6.45, 7) is 0.831. The number of nitrogens with one attached hydrogen (secondary N) is 2. The maximum atomic E-state index is 13.1. The van der Waals surface area contributed by atoms with E-state index in [-0.39, 0.29) is 48.8 Å². The summed E-state index contributed by atoms with van der Waals surface area (Å²) in [4.78, 5) is 75.6. The van der Waals surface area contributed by atoms with Crippen molar-refractivity contribution in [3.8, 4) is 0 Å². The van der Waals surface area contributed by atoms with Crippen molar-refractivity contribution in [3.63, 3.8) is 0 Å². The molecule has 11 nitrogen and oxygen atoms in total. The first kappa shape index (κ1) is 22.4. The van der Waals surface area contributed by atoms with Gasteiger partial charge in [-0.2, -0.15) is 0 Å². The minimum Gasteiger partial charge on any atom is -0.481 e. The van der Waals surface area contributed by atoms with Crippen LogP contribution in [0.25, 0.3) is 0 Å². The van der Waals surface area contributed by atoms with Crippen molar-refractivity contribution in [1.29, 1.82) is 0 Å². The van der Waals surface area contributed by atoms with Crippen LogP contribution in [-0.4, -0.2) is 76.1 Å². The summed E-state index contributed by atoms with van der Waals surface area (Å²) in [5, 5.41) is 14.0. The summed E-state index contributed by atoms with van der Waals surface area (Å²) in [6.07, 6.45) is 1.43. The van der Waals surface area contributed by atoms with Crippen LogP contribution in [0.3, 0.4) is 0 Å². The number of benzene rings is 1. The van der Waals surface area contributed by atoms with E-state index < -0.39 is 35.6 Å². The summed E-state index contributed by atoms with van der Waals surface area (Å²) in [6, 6.07) is 3.60. The van der Waals surface area contributed by atoms with Gasteiger partial charge in [0.15, 0.2) is 0 Å². The predicted molar refractivity (Wildman–Crippen MR) is 113 cm³/mol. The van der Waals surface area contributed by atoms with Crippen LogP contribution >= 0.6 is 0 Å². The number of carbonyl (C=O) groups excluding carboxylic acids is 5. The highest BCUT2D eigenvalue weighted by molar-refractivity contribution is 6.25. The number of nitrogens with zero attached hydrogens (tertiary/aromatic N) is 2. The number of carboxylic acid groups (broad SMARTS) is 1. The lowest BCUT2D eigenvalue weighted by Crippen LogP contribution is -2.54. The highest BCUT2D eigenvalue weighted by Crippen LogP contribution is 2.32. The van der Waals surface area contributed by atoms with E-state index in [4.69, 9.17) is 5.11 Å². The van der Waals surface area contributed by atoms with Gasteiger partial charge in [-0.25, -0.2) is 0 Å². The van der Waals surface area contributed by atoms with Crippen LogP contribution in [0.4, 0.5) is 5.69 Å². The van der Waals surface area contributed by atoms with E-state index in [9.17, 15) is 28.8 Å². The number of likely N-dealkylation sites (tertiary alicyclic amines) is 1. The van der Waals surface area contributed by atoms with E-state index in [1.165, 1.54) is 6.07 Å². The molecule has 11 heteroatoms. The van der Waals surface area contributed by atoms with Gasteiger partial charge in [0.1, 0.15) is 6.04 Å². The van der Waals surface area contributed by atoms with Crippen molar-refractivity contribution in [3.05, 3.63) is 29.3 Å². The first-order valence-corrected chi connectivity index (χ1v) is 10.8. The topological polar surface area (TPSA) is 153 Å². The number of fused-ring (bicyclic) bond motifs is 1. The fourth-order valence-corrected chi connectivity index (χ4v) is 4.58. The third-order valence-corrected chi connectivity index (χ3v) is 6.33. The number of aliphatic carboxylic acids is 1. The monoisotopic (exact) mass is 456 g/mol. The number of carboxylic acids is 1. The summed E-state index contributed by atoms with van der Waals surface area (Å²) >= 11 is 0. The van der Waals surface area contributed by atoms with Gasteiger partial charge in [0.25, 0.3) is 11.8 Å². The molecule has 1 atom stereocenters. The second-order valence-electron chi connectivity index (χ2n) is 8.45. The minimum absolute atomic E-state index is 0.0343. The Balaban J connectivity index is 1.42. The number of carbonyl (C=O) groups is 6. The van der Waals surface area contributed by atoms with E-state index in [0.29, 0.717) is 31.6 Å². The number of rotatable bonds is 6. The maximum absolute atomic E-state index is 13.1. The standard InChI is InChI=1S/C22H24N4O7/c27-16-5-4-15(20(31)24-16)26-21(32)13-2-1-3-14(19(13)22(26)33)23-11-17(28)25-8-6-12(7-9-25)10-18(29)30/h1-3,12,15,23H,4-11H2,(H,29,30)(H,24,27,31). The Kier molecular flexibility index (Phi) is 6.12. The Morgan fingerprint density at radius 3 is 2.45 bits per heavy atom. The van der Waals surface area contributed by atoms with Crippen LogP contribution in [0.15, 0.2) is 18.2 Å². The highest BCUT2D eigenvalue weighted by Gasteiger charge is 2.45. The molecule has 4 rings (SSSR count). The molecule has 2 saturated heterocycles. The lowest BCUT2D eigenvalue weighted by molar-refractivity contribution is -0.139. The number of piperidine rings is 2. The second-order valence-corrected chi connectivity index (χ2v) is 8.45. The van der Waals surface area contributed by atoms with Crippen molar-refractivity contribution < 1.29 is 33.9 Å². The molecule has 3 aliphatic heterocycles. The first-order chi connectivity index (χ1) is 15.8. The van der Waals surface area contributed by atoms with Crippen molar-refractivity contribution >= 4 is 41.2 Å². The molecule has 0 aliphatic carbocycles. The predicted octanol–water partition coefficient (Wildman–Crippen LogP) is 0.213.